The van der Waals surface area contributed by atoms with E-state index in [2.05, 4.69) is 10.2 Å². The van der Waals surface area contributed by atoms with Gasteiger partial charge in [0.05, 0.1) is 18.1 Å². The Morgan fingerprint density at radius 1 is 1.00 bits per heavy atom. The predicted molar refractivity (Wildman–Crippen MR) is 97.7 cm³/mol. The smallest absolute Gasteiger partial charge is 0.243 e. The van der Waals surface area contributed by atoms with Crippen molar-refractivity contribution in [3.8, 4) is 0 Å². The number of nitrogens with zero attached hydrogens (tertiary/aromatic N) is 2. The fourth-order valence-corrected chi connectivity index (χ4v) is 4.65. The molecule has 1 N–H and O–H groups in total. The van der Waals surface area contributed by atoms with Gasteiger partial charge in [-0.25, -0.2) is 8.42 Å². The Labute approximate surface area is 148 Å². The average molecular weight is 370 g/mol. The van der Waals surface area contributed by atoms with E-state index in [1.807, 2.05) is 0 Å². The van der Waals surface area contributed by atoms with Crippen molar-refractivity contribution in [1.82, 2.24) is 9.21 Å². The summed E-state index contributed by atoms with van der Waals surface area (Å²) in [7, 11) is -3.45. The van der Waals surface area contributed by atoms with Gasteiger partial charge in [0.1, 0.15) is 0 Å². The number of morpholine rings is 1. The predicted octanol–water partition coefficient (Wildman–Crippen LogP) is 1.89. The molecule has 0 aliphatic carbocycles. The van der Waals surface area contributed by atoms with Crippen LogP contribution in [-0.4, -0.2) is 62.1 Å². The Bertz CT molecular complexity index is 664. The molecule has 1 aromatic carbocycles. The lowest BCUT2D eigenvalue weighted by atomic mass is 10.1. The molecule has 2 aliphatic rings. The average Bonchev–Trinajstić information content (AvgIpc) is 2.63. The second kappa shape index (κ2) is 7.77. The first-order valence-corrected chi connectivity index (χ1v) is 10.2. The van der Waals surface area contributed by atoms with Crippen molar-refractivity contribution < 1.29 is 13.2 Å². The summed E-state index contributed by atoms with van der Waals surface area (Å²) >= 11 is 5.44. The van der Waals surface area contributed by atoms with E-state index in [4.69, 9.17) is 17.0 Å². The molecular weight excluding hydrogens is 346 g/mol. The molecule has 0 aromatic heterocycles. The van der Waals surface area contributed by atoms with Gasteiger partial charge in [0.2, 0.25) is 10.0 Å². The van der Waals surface area contributed by atoms with Gasteiger partial charge in [-0.15, -0.1) is 0 Å². The summed E-state index contributed by atoms with van der Waals surface area (Å²) in [6.07, 6.45) is 3.59. The lowest BCUT2D eigenvalue weighted by Gasteiger charge is -2.29. The number of ether oxygens (including phenoxy) is 1. The fraction of sp³-hybridized carbons (Fsp3) is 0.562. The molecule has 2 heterocycles. The number of hydrogen-bond acceptors (Lipinski definition) is 4. The third kappa shape index (κ3) is 4.05. The van der Waals surface area contributed by atoms with Crippen LogP contribution in [0, 0.1) is 0 Å². The van der Waals surface area contributed by atoms with E-state index in [9.17, 15) is 8.42 Å². The number of likely N-dealkylation sites (tertiary alicyclic amines) is 1. The van der Waals surface area contributed by atoms with Gasteiger partial charge in [0.15, 0.2) is 5.11 Å². The molecule has 6 nitrogen and oxygen atoms in total. The Kier molecular flexibility index (Phi) is 5.70. The van der Waals surface area contributed by atoms with Crippen molar-refractivity contribution >= 4 is 33.0 Å². The Morgan fingerprint density at radius 3 is 2.25 bits per heavy atom. The Balaban J connectivity index is 1.65. The molecule has 1 aromatic rings. The maximum Gasteiger partial charge on any atom is 0.243 e. The van der Waals surface area contributed by atoms with Gasteiger partial charge >= 0.3 is 0 Å². The van der Waals surface area contributed by atoms with Crippen LogP contribution in [0.3, 0.4) is 0 Å². The molecule has 2 aliphatic heterocycles. The maximum absolute atomic E-state index is 12.6. The molecule has 2 saturated heterocycles. The molecule has 0 saturated carbocycles. The van der Waals surface area contributed by atoms with E-state index in [-0.39, 0.29) is 0 Å². The van der Waals surface area contributed by atoms with Crippen LogP contribution in [0.4, 0.5) is 5.69 Å². The quantitative estimate of drug-likeness (QED) is 0.821. The summed E-state index contributed by atoms with van der Waals surface area (Å²) in [6, 6.07) is 6.80. The number of anilines is 1. The molecule has 8 heteroatoms. The normalized spacial score (nSPS) is 19.9. The van der Waals surface area contributed by atoms with Crippen LogP contribution in [0.15, 0.2) is 29.2 Å². The molecule has 3 rings (SSSR count). The van der Waals surface area contributed by atoms with E-state index in [1.165, 1.54) is 23.6 Å². The number of sulfonamides is 1. The molecule has 132 valence electrons. The lowest BCUT2D eigenvalue weighted by molar-refractivity contribution is 0.0730. The summed E-state index contributed by atoms with van der Waals surface area (Å²) in [5.41, 5.74) is 0.812. The highest BCUT2D eigenvalue weighted by molar-refractivity contribution is 7.89. The SMILES string of the molecule is O=S(=O)(c1ccc(NC(=S)N2CCCCC2)cc1)N1CCOCC1. The molecule has 0 bridgehead atoms. The highest BCUT2D eigenvalue weighted by Crippen LogP contribution is 2.20. The van der Waals surface area contributed by atoms with Crippen molar-refractivity contribution in [3.63, 3.8) is 0 Å². The fourth-order valence-electron chi connectivity index (χ4n) is 2.95. The first-order valence-electron chi connectivity index (χ1n) is 8.31. The van der Waals surface area contributed by atoms with Crippen molar-refractivity contribution in [2.45, 2.75) is 24.2 Å². The first-order chi connectivity index (χ1) is 11.6. The third-order valence-corrected chi connectivity index (χ3v) is 6.63. The third-order valence-electron chi connectivity index (χ3n) is 4.36. The first kappa shape index (κ1) is 17.6. The van der Waals surface area contributed by atoms with Crippen LogP contribution in [0.1, 0.15) is 19.3 Å². The van der Waals surface area contributed by atoms with Gasteiger partial charge < -0.3 is 15.0 Å². The summed E-state index contributed by atoms with van der Waals surface area (Å²) in [5, 5.41) is 3.91. The van der Waals surface area contributed by atoms with Crippen molar-refractivity contribution in [1.29, 1.82) is 0 Å². The second-order valence-electron chi connectivity index (χ2n) is 6.02. The van der Waals surface area contributed by atoms with Crippen LogP contribution in [0.25, 0.3) is 0 Å². The van der Waals surface area contributed by atoms with E-state index in [0.29, 0.717) is 36.3 Å². The van der Waals surface area contributed by atoms with Crippen molar-refractivity contribution in [3.05, 3.63) is 24.3 Å². The zero-order chi connectivity index (χ0) is 17.0. The number of rotatable bonds is 3. The van der Waals surface area contributed by atoms with Gasteiger partial charge in [-0.05, 0) is 55.7 Å². The van der Waals surface area contributed by atoms with E-state index in [1.54, 1.807) is 24.3 Å². The van der Waals surface area contributed by atoms with Crippen LogP contribution in [-0.2, 0) is 14.8 Å². The Morgan fingerprint density at radius 2 is 1.62 bits per heavy atom. The largest absolute Gasteiger partial charge is 0.379 e. The number of benzene rings is 1. The number of nitrogens with one attached hydrogen (secondary N) is 1. The molecular formula is C16H23N3O3S2. The number of hydrogen-bond donors (Lipinski definition) is 1. The molecule has 0 unspecified atom stereocenters. The minimum absolute atomic E-state index is 0.304. The van der Waals surface area contributed by atoms with Gasteiger partial charge in [-0.3, -0.25) is 0 Å². The van der Waals surface area contributed by atoms with E-state index in [0.717, 1.165) is 18.8 Å². The maximum atomic E-state index is 12.6. The molecule has 0 spiro atoms. The summed E-state index contributed by atoms with van der Waals surface area (Å²) in [5.74, 6) is 0. The summed E-state index contributed by atoms with van der Waals surface area (Å²) in [6.45, 7) is 3.67. The zero-order valence-electron chi connectivity index (χ0n) is 13.6. The molecule has 2 fully saturated rings. The van der Waals surface area contributed by atoms with Gasteiger partial charge in [0.25, 0.3) is 0 Å². The standard InChI is InChI=1S/C16H23N3O3S2/c20-24(21,19-10-12-22-13-11-19)15-6-4-14(5-7-15)17-16(23)18-8-2-1-3-9-18/h4-7H,1-3,8-13H2,(H,17,23). The molecule has 24 heavy (non-hydrogen) atoms. The Hall–Kier alpha value is -1.22. The highest BCUT2D eigenvalue weighted by Gasteiger charge is 2.26. The van der Waals surface area contributed by atoms with Gasteiger partial charge in [-0.2, -0.15) is 4.31 Å². The number of piperidine rings is 1. The monoisotopic (exact) mass is 369 g/mol. The van der Waals surface area contributed by atoms with Gasteiger partial charge in [0, 0.05) is 31.9 Å². The van der Waals surface area contributed by atoms with Crippen LogP contribution >= 0.6 is 12.2 Å². The van der Waals surface area contributed by atoms with Crippen LogP contribution in [0.2, 0.25) is 0 Å². The zero-order valence-corrected chi connectivity index (χ0v) is 15.2. The minimum Gasteiger partial charge on any atom is -0.379 e. The second-order valence-corrected chi connectivity index (χ2v) is 8.34. The topological polar surface area (TPSA) is 61.9 Å². The molecule has 0 amide bonds. The molecule has 0 radical (unpaired) electrons. The van der Waals surface area contributed by atoms with Gasteiger partial charge in [-0.1, -0.05) is 0 Å². The molecule has 0 atom stereocenters. The van der Waals surface area contributed by atoms with Crippen molar-refractivity contribution in [2.75, 3.05) is 44.7 Å². The van der Waals surface area contributed by atoms with Crippen LogP contribution in [0.5, 0.6) is 0 Å². The minimum atomic E-state index is -3.45. The van der Waals surface area contributed by atoms with E-state index >= 15 is 0 Å². The lowest BCUT2D eigenvalue weighted by Crippen LogP contribution is -2.40. The summed E-state index contributed by atoms with van der Waals surface area (Å²) < 4.78 is 31.9. The van der Waals surface area contributed by atoms with Crippen molar-refractivity contribution in [2.24, 2.45) is 0 Å². The highest BCUT2D eigenvalue weighted by atomic mass is 32.2. The van der Waals surface area contributed by atoms with E-state index < -0.39 is 10.0 Å². The summed E-state index contributed by atoms with van der Waals surface area (Å²) in [4.78, 5) is 2.47. The van der Waals surface area contributed by atoms with Crippen LogP contribution < -0.4 is 5.32 Å². The number of thiocarbonyl (C=S) groups is 1.